The molecule has 1 unspecified atom stereocenters. The molecule has 0 aromatic carbocycles. The summed E-state index contributed by atoms with van der Waals surface area (Å²) in [6, 6.07) is 0. The molecule has 112 valence electrons. The van der Waals surface area contributed by atoms with Crippen LogP contribution in [0.4, 0.5) is 11.9 Å². The minimum absolute atomic E-state index is 0.0476. The summed E-state index contributed by atoms with van der Waals surface area (Å²) in [7, 11) is -3.02. The fraction of sp³-hybridized carbons (Fsp3) is 0.455. The van der Waals surface area contributed by atoms with Gasteiger partial charge in [0.05, 0.1) is 17.0 Å². The molecule has 0 aliphatic carbocycles. The summed E-state index contributed by atoms with van der Waals surface area (Å²) in [6.07, 6.45) is 5.32. The first-order chi connectivity index (χ1) is 9.85. The van der Waals surface area contributed by atoms with Gasteiger partial charge in [-0.05, 0) is 13.3 Å². The highest BCUT2D eigenvalue weighted by Crippen LogP contribution is 2.26. The molecule has 1 aliphatic rings. The third-order valence-electron chi connectivity index (χ3n) is 3.29. The van der Waals surface area contributed by atoms with Crippen LogP contribution in [0.5, 0.6) is 0 Å². The van der Waals surface area contributed by atoms with Crippen LogP contribution in [-0.2, 0) is 9.84 Å². The largest absolute Gasteiger partial charge is 0.368 e. The topological polar surface area (TPSA) is 129 Å². The Balaban J connectivity index is 1.90. The van der Waals surface area contributed by atoms with Gasteiger partial charge in [-0.2, -0.15) is 15.0 Å². The molecule has 0 spiro atoms. The first-order valence-corrected chi connectivity index (χ1v) is 8.16. The Bertz CT molecular complexity index is 759. The summed E-state index contributed by atoms with van der Waals surface area (Å²) in [5.74, 6) is 0.843. The second kappa shape index (κ2) is 4.65. The SMILES string of the molecule is CC1(Nc2nc(N)nc(-n3ccnc3)n2)CCS(=O)(=O)C1. The summed E-state index contributed by atoms with van der Waals surface area (Å²) in [5.41, 5.74) is 5.08. The van der Waals surface area contributed by atoms with E-state index < -0.39 is 15.4 Å². The number of nitrogen functional groups attached to an aromatic ring is 1. The Morgan fingerprint density at radius 1 is 1.38 bits per heavy atom. The lowest BCUT2D eigenvalue weighted by Gasteiger charge is -2.23. The van der Waals surface area contributed by atoms with Crippen molar-refractivity contribution in [3.63, 3.8) is 0 Å². The van der Waals surface area contributed by atoms with E-state index in [4.69, 9.17) is 5.73 Å². The smallest absolute Gasteiger partial charge is 0.241 e. The lowest BCUT2D eigenvalue weighted by atomic mass is 10.0. The zero-order valence-electron chi connectivity index (χ0n) is 11.4. The fourth-order valence-corrected chi connectivity index (χ4v) is 4.40. The predicted octanol–water partition coefficient (Wildman–Crippen LogP) is -0.371. The van der Waals surface area contributed by atoms with Crippen molar-refractivity contribution in [3.05, 3.63) is 18.7 Å². The first kappa shape index (κ1) is 13.7. The lowest BCUT2D eigenvalue weighted by Crippen LogP contribution is -2.36. The Morgan fingerprint density at radius 2 is 2.19 bits per heavy atom. The quantitative estimate of drug-likeness (QED) is 0.785. The molecule has 9 nitrogen and oxygen atoms in total. The van der Waals surface area contributed by atoms with Gasteiger partial charge in [0.2, 0.25) is 17.8 Å². The Hall–Kier alpha value is -2.23. The Kier molecular flexibility index (Phi) is 3.04. The van der Waals surface area contributed by atoms with Crippen molar-refractivity contribution >= 4 is 21.7 Å². The minimum atomic E-state index is -3.02. The maximum absolute atomic E-state index is 11.6. The van der Waals surface area contributed by atoms with Crippen LogP contribution in [0.15, 0.2) is 18.7 Å². The van der Waals surface area contributed by atoms with E-state index in [2.05, 4.69) is 25.3 Å². The molecular weight excluding hydrogens is 294 g/mol. The molecule has 10 heteroatoms. The number of rotatable bonds is 3. The average molecular weight is 309 g/mol. The summed E-state index contributed by atoms with van der Waals surface area (Å²) < 4.78 is 24.8. The Labute approximate surface area is 121 Å². The van der Waals surface area contributed by atoms with Crippen molar-refractivity contribution in [1.29, 1.82) is 0 Å². The van der Waals surface area contributed by atoms with E-state index in [1.807, 2.05) is 6.92 Å². The first-order valence-electron chi connectivity index (χ1n) is 6.34. The zero-order valence-corrected chi connectivity index (χ0v) is 12.2. The van der Waals surface area contributed by atoms with Gasteiger partial charge in [-0.15, -0.1) is 0 Å². The van der Waals surface area contributed by atoms with E-state index >= 15 is 0 Å². The van der Waals surface area contributed by atoms with Crippen LogP contribution in [0.25, 0.3) is 5.95 Å². The van der Waals surface area contributed by atoms with Gasteiger partial charge >= 0.3 is 0 Å². The molecule has 1 aliphatic heterocycles. The number of sulfone groups is 1. The normalized spacial score (nSPS) is 24.0. The molecular formula is C11H15N7O2S. The molecule has 0 bridgehead atoms. The van der Waals surface area contributed by atoms with Gasteiger partial charge in [0.1, 0.15) is 6.33 Å². The van der Waals surface area contributed by atoms with Gasteiger partial charge in [-0.25, -0.2) is 13.4 Å². The molecule has 3 heterocycles. The van der Waals surface area contributed by atoms with Crippen molar-refractivity contribution in [1.82, 2.24) is 24.5 Å². The summed E-state index contributed by atoms with van der Waals surface area (Å²) >= 11 is 0. The van der Waals surface area contributed by atoms with E-state index in [0.717, 1.165) is 0 Å². The number of imidazole rings is 1. The average Bonchev–Trinajstić information content (AvgIpc) is 2.96. The molecule has 3 rings (SSSR count). The molecule has 2 aromatic heterocycles. The van der Waals surface area contributed by atoms with Gasteiger partial charge < -0.3 is 11.1 Å². The van der Waals surface area contributed by atoms with E-state index in [-0.39, 0.29) is 23.4 Å². The summed E-state index contributed by atoms with van der Waals surface area (Å²) in [4.78, 5) is 16.2. The molecule has 2 aromatic rings. The van der Waals surface area contributed by atoms with E-state index in [9.17, 15) is 8.42 Å². The third-order valence-corrected chi connectivity index (χ3v) is 5.20. The molecule has 0 radical (unpaired) electrons. The Morgan fingerprint density at radius 3 is 2.81 bits per heavy atom. The molecule has 0 saturated carbocycles. The second-order valence-corrected chi connectivity index (χ2v) is 7.50. The van der Waals surface area contributed by atoms with E-state index in [0.29, 0.717) is 12.4 Å². The number of hydrogen-bond donors (Lipinski definition) is 2. The van der Waals surface area contributed by atoms with Gasteiger partial charge in [0, 0.05) is 12.4 Å². The number of aromatic nitrogens is 5. The maximum atomic E-state index is 11.6. The monoisotopic (exact) mass is 309 g/mol. The molecule has 1 atom stereocenters. The number of anilines is 2. The zero-order chi connectivity index (χ0) is 15.1. The number of nitrogens with zero attached hydrogens (tertiary/aromatic N) is 5. The maximum Gasteiger partial charge on any atom is 0.241 e. The van der Waals surface area contributed by atoms with Gasteiger partial charge in [-0.1, -0.05) is 0 Å². The fourth-order valence-electron chi connectivity index (χ4n) is 2.31. The van der Waals surface area contributed by atoms with Crippen molar-refractivity contribution in [2.24, 2.45) is 0 Å². The van der Waals surface area contributed by atoms with Crippen LogP contribution < -0.4 is 11.1 Å². The van der Waals surface area contributed by atoms with Crippen LogP contribution >= 0.6 is 0 Å². The number of nitrogens with two attached hydrogens (primary N) is 1. The van der Waals surface area contributed by atoms with Gasteiger partial charge in [0.15, 0.2) is 9.84 Å². The van der Waals surface area contributed by atoms with Crippen LogP contribution in [0, 0.1) is 0 Å². The molecule has 21 heavy (non-hydrogen) atoms. The van der Waals surface area contributed by atoms with Crippen molar-refractivity contribution in [2.75, 3.05) is 22.6 Å². The van der Waals surface area contributed by atoms with Crippen LogP contribution in [0.2, 0.25) is 0 Å². The lowest BCUT2D eigenvalue weighted by molar-refractivity contribution is 0.568. The second-order valence-electron chi connectivity index (χ2n) is 5.31. The van der Waals surface area contributed by atoms with Crippen LogP contribution in [0.1, 0.15) is 13.3 Å². The molecule has 1 fully saturated rings. The van der Waals surface area contributed by atoms with E-state index in [1.165, 1.54) is 0 Å². The number of nitrogens with one attached hydrogen (secondary N) is 1. The standard InChI is InChI=1S/C11H15N7O2S/c1-11(2-5-21(19,20)6-11)17-9-14-8(12)15-10(16-9)18-4-3-13-7-18/h3-4,7H,2,5-6H2,1H3,(H3,12,14,15,16,17). The van der Waals surface area contributed by atoms with Crippen LogP contribution in [0.3, 0.4) is 0 Å². The molecule has 1 saturated heterocycles. The van der Waals surface area contributed by atoms with E-state index in [1.54, 1.807) is 23.3 Å². The number of hydrogen-bond acceptors (Lipinski definition) is 8. The van der Waals surface area contributed by atoms with Gasteiger partial charge in [0.25, 0.3) is 0 Å². The van der Waals surface area contributed by atoms with Crippen LogP contribution in [-0.4, -0.2) is 50.0 Å². The molecule has 3 N–H and O–H groups in total. The highest BCUT2D eigenvalue weighted by Gasteiger charge is 2.39. The minimum Gasteiger partial charge on any atom is -0.368 e. The van der Waals surface area contributed by atoms with Crippen molar-refractivity contribution in [3.8, 4) is 5.95 Å². The third kappa shape index (κ3) is 2.94. The predicted molar refractivity (Wildman–Crippen MR) is 76.7 cm³/mol. The van der Waals surface area contributed by atoms with Gasteiger partial charge in [-0.3, -0.25) is 4.57 Å². The summed E-state index contributed by atoms with van der Waals surface area (Å²) in [6.45, 7) is 1.83. The summed E-state index contributed by atoms with van der Waals surface area (Å²) in [5, 5.41) is 3.06. The molecule has 0 amide bonds. The van der Waals surface area contributed by atoms with Crippen molar-refractivity contribution < 1.29 is 8.42 Å². The van der Waals surface area contributed by atoms with Crippen molar-refractivity contribution in [2.45, 2.75) is 18.9 Å². The highest BCUT2D eigenvalue weighted by atomic mass is 32.2. The highest BCUT2D eigenvalue weighted by molar-refractivity contribution is 7.91.